The zero-order valence-corrected chi connectivity index (χ0v) is 10.6. The number of hydrogen-bond acceptors (Lipinski definition) is 2. The van der Waals surface area contributed by atoms with Crippen LogP contribution in [0, 0.1) is 0 Å². The summed E-state index contributed by atoms with van der Waals surface area (Å²) in [5, 5.41) is 4.07. The molecule has 2 atom stereocenters. The van der Waals surface area contributed by atoms with Gasteiger partial charge < -0.3 is 5.32 Å². The summed E-state index contributed by atoms with van der Waals surface area (Å²) in [7, 11) is -0.739. The van der Waals surface area contributed by atoms with Crippen molar-refractivity contribution >= 4 is 22.4 Å². The van der Waals surface area contributed by atoms with Crippen LogP contribution in [0.3, 0.4) is 0 Å². The Bertz CT molecular complexity index is 343. The number of nitrogens with one attached hydrogen (secondary N) is 1. The summed E-state index contributed by atoms with van der Waals surface area (Å²) < 4.78 is 10.9. The molecule has 0 heterocycles. The van der Waals surface area contributed by atoms with Gasteiger partial charge in [-0.25, -0.2) is 0 Å². The zero-order chi connectivity index (χ0) is 11.3. The fourth-order valence-electron chi connectivity index (χ4n) is 1.36. The molecule has 1 aromatic carbocycles. The second kappa shape index (κ2) is 6.26. The smallest absolute Gasteiger partial charge is 0.0453 e. The number of halogens is 1. The van der Waals surface area contributed by atoms with Crippen LogP contribution in [0.5, 0.6) is 0 Å². The molecule has 1 N–H and O–H groups in total. The van der Waals surface area contributed by atoms with Crippen LogP contribution in [0.1, 0.15) is 18.5 Å². The summed E-state index contributed by atoms with van der Waals surface area (Å²) in [6, 6.07) is 7.97. The lowest BCUT2D eigenvalue weighted by molar-refractivity contribution is 0.597. The largest absolute Gasteiger partial charge is 0.309 e. The van der Waals surface area contributed by atoms with Crippen LogP contribution in [0.4, 0.5) is 0 Å². The van der Waals surface area contributed by atoms with Crippen molar-refractivity contribution in [2.75, 3.05) is 18.6 Å². The molecule has 0 aliphatic carbocycles. The Hall–Kier alpha value is -0.380. The Morgan fingerprint density at radius 1 is 1.47 bits per heavy atom. The summed E-state index contributed by atoms with van der Waals surface area (Å²) in [4.78, 5) is 0. The fraction of sp³-hybridized carbons (Fsp3) is 0.455. The van der Waals surface area contributed by atoms with E-state index < -0.39 is 10.8 Å². The lowest BCUT2D eigenvalue weighted by Crippen LogP contribution is -2.23. The first kappa shape index (κ1) is 12.7. The molecule has 0 fully saturated rings. The van der Waals surface area contributed by atoms with Crippen molar-refractivity contribution in [2.24, 2.45) is 0 Å². The minimum atomic E-state index is -0.739. The standard InChI is InChI=1S/C11H16ClNOS/c1-9(13-7-8-15(2)14)10-5-3-4-6-11(10)12/h3-6,9,13H,7-8H2,1-2H3. The highest BCUT2D eigenvalue weighted by atomic mass is 35.5. The van der Waals surface area contributed by atoms with Crippen molar-refractivity contribution in [2.45, 2.75) is 13.0 Å². The Labute approximate surface area is 98.5 Å². The zero-order valence-electron chi connectivity index (χ0n) is 9.00. The Morgan fingerprint density at radius 2 is 2.13 bits per heavy atom. The van der Waals surface area contributed by atoms with Gasteiger partial charge in [0.25, 0.3) is 0 Å². The van der Waals surface area contributed by atoms with Gasteiger partial charge in [-0.05, 0) is 18.6 Å². The van der Waals surface area contributed by atoms with Gasteiger partial charge in [0, 0.05) is 40.4 Å². The molecule has 0 radical (unpaired) electrons. The molecular weight excluding hydrogens is 230 g/mol. The van der Waals surface area contributed by atoms with Crippen molar-refractivity contribution in [3.8, 4) is 0 Å². The topological polar surface area (TPSA) is 29.1 Å². The van der Waals surface area contributed by atoms with Crippen LogP contribution in [0.25, 0.3) is 0 Å². The predicted octanol–water partition coefficient (Wildman–Crippen LogP) is 2.37. The lowest BCUT2D eigenvalue weighted by atomic mass is 10.1. The first-order chi connectivity index (χ1) is 7.11. The van der Waals surface area contributed by atoms with Crippen LogP contribution in [-0.4, -0.2) is 22.8 Å². The first-order valence-electron chi connectivity index (χ1n) is 4.89. The minimum Gasteiger partial charge on any atom is -0.309 e. The van der Waals surface area contributed by atoms with Crippen LogP contribution in [-0.2, 0) is 10.8 Å². The van der Waals surface area contributed by atoms with Crippen LogP contribution >= 0.6 is 11.6 Å². The normalized spacial score (nSPS) is 14.9. The molecule has 1 aromatic rings. The third kappa shape index (κ3) is 4.33. The maximum absolute atomic E-state index is 10.9. The van der Waals surface area contributed by atoms with Gasteiger partial charge in [-0.3, -0.25) is 4.21 Å². The minimum absolute atomic E-state index is 0.197. The van der Waals surface area contributed by atoms with Crippen molar-refractivity contribution in [1.82, 2.24) is 5.32 Å². The highest BCUT2D eigenvalue weighted by Gasteiger charge is 2.07. The first-order valence-corrected chi connectivity index (χ1v) is 6.99. The molecule has 0 bridgehead atoms. The van der Waals surface area contributed by atoms with Gasteiger partial charge in [-0.1, -0.05) is 29.8 Å². The second-order valence-electron chi connectivity index (χ2n) is 3.47. The molecule has 0 saturated heterocycles. The lowest BCUT2D eigenvalue weighted by Gasteiger charge is -2.14. The van der Waals surface area contributed by atoms with Gasteiger partial charge in [0.2, 0.25) is 0 Å². The maximum Gasteiger partial charge on any atom is 0.0453 e. The summed E-state index contributed by atoms with van der Waals surface area (Å²) >= 11 is 6.06. The van der Waals surface area contributed by atoms with E-state index in [-0.39, 0.29) is 6.04 Å². The monoisotopic (exact) mass is 245 g/mol. The fourth-order valence-corrected chi connectivity index (χ4v) is 2.06. The van der Waals surface area contributed by atoms with Crippen LogP contribution < -0.4 is 5.32 Å². The number of hydrogen-bond donors (Lipinski definition) is 1. The molecule has 0 aliphatic rings. The molecule has 0 aromatic heterocycles. The van der Waals surface area contributed by atoms with Crippen molar-refractivity contribution < 1.29 is 4.21 Å². The summed E-state index contributed by atoms with van der Waals surface area (Å²) in [6.45, 7) is 2.80. The molecule has 84 valence electrons. The van der Waals surface area contributed by atoms with Gasteiger partial charge >= 0.3 is 0 Å². The molecule has 1 rings (SSSR count). The summed E-state index contributed by atoms with van der Waals surface area (Å²) in [5.74, 6) is 0.675. The molecule has 0 saturated carbocycles. The van der Waals surface area contributed by atoms with Gasteiger partial charge in [0.1, 0.15) is 0 Å². The third-order valence-corrected chi connectivity index (χ3v) is 3.34. The van der Waals surface area contributed by atoms with Crippen molar-refractivity contribution in [1.29, 1.82) is 0 Å². The predicted molar refractivity (Wildman–Crippen MR) is 66.8 cm³/mol. The summed E-state index contributed by atoms with van der Waals surface area (Å²) in [5.41, 5.74) is 1.08. The SMILES string of the molecule is CC(NCCS(C)=O)c1ccccc1Cl. The highest BCUT2D eigenvalue weighted by Crippen LogP contribution is 2.21. The van der Waals surface area contributed by atoms with Crippen molar-refractivity contribution in [3.63, 3.8) is 0 Å². The molecule has 15 heavy (non-hydrogen) atoms. The van der Waals surface area contributed by atoms with Gasteiger partial charge in [-0.15, -0.1) is 0 Å². The molecule has 2 nitrogen and oxygen atoms in total. The van der Waals surface area contributed by atoms with E-state index in [0.717, 1.165) is 17.1 Å². The van der Waals surface area contributed by atoms with Gasteiger partial charge in [0.15, 0.2) is 0 Å². The number of rotatable bonds is 5. The molecule has 4 heteroatoms. The van der Waals surface area contributed by atoms with E-state index in [1.807, 2.05) is 24.3 Å². The molecule has 0 amide bonds. The van der Waals surface area contributed by atoms with Gasteiger partial charge in [-0.2, -0.15) is 0 Å². The average molecular weight is 246 g/mol. The summed E-state index contributed by atoms with van der Waals surface area (Å²) in [6.07, 6.45) is 1.71. The Kier molecular flexibility index (Phi) is 5.29. The molecule has 2 unspecified atom stereocenters. The molecule has 0 aliphatic heterocycles. The van der Waals surface area contributed by atoms with E-state index in [0.29, 0.717) is 5.75 Å². The van der Waals surface area contributed by atoms with Crippen LogP contribution in [0.15, 0.2) is 24.3 Å². The van der Waals surface area contributed by atoms with Crippen LogP contribution in [0.2, 0.25) is 5.02 Å². The Balaban J connectivity index is 2.50. The van der Waals surface area contributed by atoms with E-state index in [9.17, 15) is 4.21 Å². The van der Waals surface area contributed by atoms with E-state index in [2.05, 4.69) is 12.2 Å². The van der Waals surface area contributed by atoms with Gasteiger partial charge in [0.05, 0.1) is 0 Å². The Morgan fingerprint density at radius 3 is 2.73 bits per heavy atom. The molecular formula is C11H16ClNOS. The second-order valence-corrected chi connectivity index (χ2v) is 5.44. The van der Waals surface area contributed by atoms with E-state index in [1.165, 1.54) is 0 Å². The quantitative estimate of drug-likeness (QED) is 0.863. The van der Waals surface area contributed by atoms with E-state index >= 15 is 0 Å². The third-order valence-electron chi connectivity index (χ3n) is 2.21. The number of benzene rings is 1. The average Bonchev–Trinajstić information content (AvgIpc) is 2.17. The van der Waals surface area contributed by atoms with Crippen molar-refractivity contribution in [3.05, 3.63) is 34.9 Å². The van der Waals surface area contributed by atoms with E-state index in [4.69, 9.17) is 11.6 Å². The highest BCUT2D eigenvalue weighted by molar-refractivity contribution is 7.84. The molecule has 0 spiro atoms. The maximum atomic E-state index is 10.9. The van der Waals surface area contributed by atoms with E-state index in [1.54, 1.807) is 6.26 Å².